The molecule has 1 aromatic carbocycles. The van der Waals surface area contributed by atoms with E-state index in [0.717, 1.165) is 10.8 Å². The van der Waals surface area contributed by atoms with Crippen LogP contribution >= 0.6 is 0 Å². The molecule has 3 aromatic rings. The van der Waals surface area contributed by atoms with E-state index in [1.54, 1.807) is 18.5 Å². The number of anilines is 1. The Morgan fingerprint density at radius 3 is 2.85 bits per heavy atom. The van der Waals surface area contributed by atoms with Crippen molar-refractivity contribution in [3.8, 4) is 5.75 Å². The molecule has 5 nitrogen and oxygen atoms in total. The summed E-state index contributed by atoms with van der Waals surface area (Å²) >= 11 is 0. The second-order valence-electron chi connectivity index (χ2n) is 4.29. The molecule has 0 aliphatic carbocycles. The highest BCUT2D eigenvalue weighted by Crippen LogP contribution is 2.22. The minimum absolute atomic E-state index is 0.0442. The topological polar surface area (TPSA) is 75.1 Å². The fourth-order valence-electron chi connectivity index (χ4n) is 1.97. The molecule has 0 aliphatic heterocycles. The first kappa shape index (κ1) is 12.1. The smallest absolute Gasteiger partial charge is 0.257 e. The monoisotopic (exact) mass is 265 g/mol. The number of aromatic nitrogens is 2. The maximum atomic E-state index is 12.1. The first-order valence-electron chi connectivity index (χ1n) is 6.02. The van der Waals surface area contributed by atoms with Gasteiger partial charge in [0.1, 0.15) is 5.75 Å². The van der Waals surface area contributed by atoms with Gasteiger partial charge in [0.15, 0.2) is 0 Å². The Labute approximate surface area is 114 Å². The Balaban J connectivity index is 1.95. The van der Waals surface area contributed by atoms with Crippen LogP contribution in [0.2, 0.25) is 0 Å². The zero-order valence-corrected chi connectivity index (χ0v) is 10.4. The number of carbonyl (C=O) groups is 1. The summed E-state index contributed by atoms with van der Waals surface area (Å²) < 4.78 is 0. The third kappa shape index (κ3) is 2.29. The standard InChI is InChI=1S/C15H11N3O2/c19-12-6-11(7-17-8-12)15(20)18-14-3-1-2-10-4-5-16-9-13(10)14/h1-9,19H,(H,18,20). The lowest BCUT2D eigenvalue weighted by Gasteiger charge is -2.08. The Bertz CT molecular complexity index is 781. The lowest BCUT2D eigenvalue weighted by Crippen LogP contribution is -2.12. The number of carbonyl (C=O) groups excluding carboxylic acids is 1. The van der Waals surface area contributed by atoms with Crippen molar-refractivity contribution in [2.24, 2.45) is 0 Å². The first-order chi connectivity index (χ1) is 9.74. The summed E-state index contributed by atoms with van der Waals surface area (Å²) in [5, 5.41) is 14.0. The third-order valence-corrected chi connectivity index (χ3v) is 2.92. The van der Waals surface area contributed by atoms with E-state index in [2.05, 4.69) is 15.3 Å². The Morgan fingerprint density at radius 2 is 2.00 bits per heavy atom. The molecule has 2 aromatic heterocycles. The van der Waals surface area contributed by atoms with Gasteiger partial charge < -0.3 is 10.4 Å². The molecule has 0 atom stereocenters. The summed E-state index contributed by atoms with van der Waals surface area (Å²) in [5.74, 6) is -0.373. The van der Waals surface area contributed by atoms with Crippen LogP contribution in [0, 0.1) is 0 Å². The highest BCUT2D eigenvalue weighted by atomic mass is 16.3. The summed E-state index contributed by atoms with van der Waals surface area (Å²) in [6, 6.07) is 8.85. The van der Waals surface area contributed by atoms with Gasteiger partial charge in [-0.15, -0.1) is 0 Å². The van der Waals surface area contributed by atoms with Crippen molar-refractivity contribution in [3.63, 3.8) is 0 Å². The fraction of sp³-hybridized carbons (Fsp3) is 0. The zero-order chi connectivity index (χ0) is 13.9. The number of benzene rings is 1. The molecule has 20 heavy (non-hydrogen) atoms. The van der Waals surface area contributed by atoms with Crippen molar-refractivity contribution < 1.29 is 9.90 Å². The van der Waals surface area contributed by atoms with Crippen molar-refractivity contribution >= 4 is 22.4 Å². The average molecular weight is 265 g/mol. The van der Waals surface area contributed by atoms with E-state index < -0.39 is 0 Å². The number of fused-ring (bicyclic) bond motifs is 1. The van der Waals surface area contributed by atoms with Crippen molar-refractivity contribution in [1.82, 2.24) is 9.97 Å². The average Bonchev–Trinajstić information content (AvgIpc) is 2.47. The third-order valence-electron chi connectivity index (χ3n) is 2.92. The van der Waals surface area contributed by atoms with Crippen LogP contribution in [-0.4, -0.2) is 21.0 Å². The van der Waals surface area contributed by atoms with Crippen LogP contribution in [0.25, 0.3) is 10.8 Å². The molecule has 0 saturated heterocycles. The highest BCUT2D eigenvalue weighted by molar-refractivity contribution is 6.08. The predicted molar refractivity (Wildman–Crippen MR) is 75.6 cm³/mol. The minimum Gasteiger partial charge on any atom is -0.506 e. The Kier molecular flexibility index (Phi) is 3.01. The number of rotatable bonds is 2. The molecule has 2 heterocycles. The van der Waals surface area contributed by atoms with E-state index in [-0.39, 0.29) is 11.7 Å². The molecule has 2 N–H and O–H groups in total. The van der Waals surface area contributed by atoms with Gasteiger partial charge in [-0.05, 0) is 23.6 Å². The molecule has 5 heteroatoms. The van der Waals surface area contributed by atoms with E-state index in [0.29, 0.717) is 11.3 Å². The van der Waals surface area contributed by atoms with Gasteiger partial charge in [0.25, 0.3) is 5.91 Å². The highest BCUT2D eigenvalue weighted by Gasteiger charge is 2.09. The van der Waals surface area contributed by atoms with Gasteiger partial charge in [0, 0.05) is 24.0 Å². The number of amides is 1. The molecule has 0 radical (unpaired) electrons. The van der Waals surface area contributed by atoms with Gasteiger partial charge in [0.05, 0.1) is 17.4 Å². The minimum atomic E-state index is -0.329. The molecule has 0 saturated carbocycles. The Morgan fingerprint density at radius 1 is 1.10 bits per heavy atom. The van der Waals surface area contributed by atoms with Crippen molar-refractivity contribution in [3.05, 3.63) is 60.7 Å². The lowest BCUT2D eigenvalue weighted by atomic mass is 10.1. The van der Waals surface area contributed by atoms with Gasteiger partial charge in [-0.25, -0.2) is 0 Å². The molecular formula is C15H11N3O2. The number of pyridine rings is 2. The van der Waals surface area contributed by atoms with Crippen molar-refractivity contribution in [1.29, 1.82) is 0 Å². The quantitative estimate of drug-likeness (QED) is 0.746. The van der Waals surface area contributed by atoms with Crippen LogP contribution in [0.15, 0.2) is 55.1 Å². The van der Waals surface area contributed by atoms with E-state index in [1.807, 2.05) is 18.2 Å². The second kappa shape index (κ2) is 4.97. The molecule has 0 bridgehead atoms. The first-order valence-corrected chi connectivity index (χ1v) is 6.02. The van der Waals surface area contributed by atoms with Crippen molar-refractivity contribution in [2.75, 3.05) is 5.32 Å². The predicted octanol–water partition coefficient (Wildman–Crippen LogP) is 2.59. The van der Waals surface area contributed by atoms with Crippen LogP contribution in [-0.2, 0) is 0 Å². The Hall–Kier alpha value is -2.95. The SMILES string of the molecule is O=C(Nc1cccc2ccncc12)c1cncc(O)c1. The van der Waals surface area contributed by atoms with Crippen LogP contribution in [0.5, 0.6) is 5.75 Å². The maximum Gasteiger partial charge on any atom is 0.257 e. The van der Waals surface area contributed by atoms with Crippen LogP contribution in [0.1, 0.15) is 10.4 Å². The normalized spacial score (nSPS) is 10.4. The molecule has 98 valence electrons. The summed E-state index contributed by atoms with van der Waals surface area (Å²) in [4.78, 5) is 20.0. The van der Waals surface area contributed by atoms with Gasteiger partial charge in [-0.1, -0.05) is 12.1 Å². The van der Waals surface area contributed by atoms with Gasteiger partial charge in [-0.3, -0.25) is 14.8 Å². The molecule has 0 fully saturated rings. The fourth-order valence-corrected chi connectivity index (χ4v) is 1.97. The lowest BCUT2D eigenvalue weighted by molar-refractivity contribution is 0.102. The van der Waals surface area contributed by atoms with E-state index >= 15 is 0 Å². The molecule has 1 amide bonds. The van der Waals surface area contributed by atoms with Crippen LogP contribution in [0.4, 0.5) is 5.69 Å². The number of nitrogens with one attached hydrogen (secondary N) is 1. The van der Waals surface area contributed by atoms with Crippen LogP contribution in [0.3, 0.4) is 0 Å². The zero-order valence-electron chi connectivity index (χ0n) is 10.4. The number of hydrogen-bond donors (Lipinski definition) is 2. The molecular weight excluding hydrogens is 254 g/mol. The van der Waals surface area contributed by atoms with E-state index in [9.17, 15) is 9.90 Å². The number of aromatic hydroxyl groups is 1. The van der Waals surface area contributed by atoms with E-state index in [1.165, 1.54) is 18.5 Å². The van der Waals surface area contributed by atoms with Crippen LogP contribution < -0.4 is 5.32 Å². The van der Waals surface area contributed by atoms with Gasteiger partial charge >= 0.3 is 0 Å². The molecule has 3 rings (SSSR count). The number of hydrogen-bond acceptors (Lipinski definition) is 4. The number of nitrogens with zero attached hydrogens (tertiary/aromatic N) is 2. The van der Waals surface area contributed by atoms with Crippen molar-refractivity contribution in [2.45, 2.75) is 0 Å². The summed E-state index contributed by atoms with van der Waals surface area (Å²) in [7, 11) is 0. The molecule has 0 unspecified atom stereocenters. The summed E-state index contributed by atoms with van der Waals surface area (Å²) in [5.41, 5.74) is 0.967. The summed E-state index contributed by atoms with van der Waals surface area (Å²) in [6.07, 6.45) is 6.08. The van der Waals surface area contributed by atoms with Gasteiger partial charge in [0.2, 0.25) is 0 Å². The van der Waals surface area contributed by atoms with E-state index in [4.69, 9.17) is 0 Å². The largest absolute Gasteiger partial charge is 0.506 e. The second-order valence-corrected chi connectivity index (χ2v) is 4.29. The van der Waals surface area contributed by atoms with Gasteiger partial charge in [-0.2, -0.15) is 0 Å². The molecule has 0 aliphatic rings. The summed E-state index contributed by atoms with van der Waals surface area (Å²) in [6.45, 7) is 0. The molecule has 0 spiro atoms. The maximum absolute atomic E-state index is 12.1.